The number of primary amides is 1. The molecule has 0 bridgehead atoms. The van der Waals surface area contributed by atoms with Gasteiger partial charge in [-0.15, -0.1) is 0 Å². The number of nitrogens with two attached hydrogens (primary N) is 1. The lowest BCUT2D eigenvalue weighted by atomic mass is 10.1. The summed E-state index contributed by atoms with van der Waals surface area (Å²) in [5.74, 6) is 0.152. The molecule has 0 spiro atoms. The van der Waals surface area contributed by atoms with Gasteiger partial charge in [0.15, 0.2) is 5.82 Å². The summed E-state index contributed by atoms with van der Waals surface area (Å²) < 4.78 is 1.57. The first-order chi connectivity index (χ1) is 9.76. The third kappa shape index (κ3) is 3.88. The molecule has 0 radical (unpaired) electrons. The van der Waals surface area contributed by atoms with Gasteiger partial charge in [0.25, 0.3) is 5.91 Å². The second-order valence-electron chi connectivity index (χ2n) is 6.10. The molecule has 0 atom stereocenters. The molecule has 0 saturated heterocycles. The Bertz CT molecular complexity index is 654. The normalized spacial score (nSPS) is 11.6. The van der Waals surface area contributed by atoms with Crippen LogP contribution in [0.3, 0.4) is 0 Å². The first kappa shape index (κ1) is 15.2. The quantitative estimate of drug-likeness (QED) is 0.893. The van der Waals surface area contributed by atoms with Gasteiger partial charge in [0.05, 0.1) is 0 Å². The Morgan fingerprint density at radius 2 is 2.14 bits per heavy atom. The van der Waals surface area contributed by atoms with Crippen LogP contribution in [0, 0.1) is 6.92 Å². The Morgan fingerprint density at radius 1 is 1.43 bits per heavy atom. The molecule has 1 amide bonds. The van der Waals surface area contributed by atoms with Crippen molar-refractivity contribution in [2.24, 2.45) is 5.73 Å². The number of amides is 1. The number of pyridine rings is 1. The Labute approximate surface area is 124 Å². The predicted molar refractivity (Wildman–Crippen MR) is 81.2 cm³/mol. The molecule has 0 aliphatic rings. The first-order valence-corrected chi connectivity index (χ1v) is 6.83. The van der Waals surface area contributed by atoms with Gasteiger partial charge < -0.3 is 11.1 Å². The lowest BCUT2D eigenvalue weighted by molar-refractivity contribution is 0.0995. The molecule has 3 N–H and O–H groups in total. The molecule has 6 nitrogen and oxygen atoms in total. The zero-order valence-electron chi connectivity index (χ0n) is 12.8. The van der Waals surface area contributed by atoms with Gasteiger partial charge in [-0.05, 0) is 51.0 Å². The van der Waals surface area contributed by atoms with Crippen LogP contribution in [0.2, 0.25) is 0 Å². The highest BCUT2D eigenvalue weighted by molar-refractivity contribution is 5.90. The summed E-state index contributed by atoms with van der Waals surface area (Å²) in [6.45, 7) is 9.09. The van der Waals surface area contributed by atoms with Crippen LogP contribution in [0.5, 0.6) is 0 Å². The highest BCUT2D eigenvalue weighted by Gasteiger charge is 2.11. The van der Waals surface area contributed by atoms with Crippen LogP contribution in [0.15, 0.2) is 24.5 Å². The Morgan fingerprint density at radius 3 is 2.67 bits per heavy atom. The third-order valence-electron chi connectivity index (χ3n) is 2.99. The summed E-state index contributed by atoms with van der Waals surface area (Å²) in [7, 11) is 0. The topological polar surface area (TPSA) is 85.8 Å². The Kier molecular flexibility index (Phi) is 4.09. The molecule has 2 aromatic heterocycles. The van der Waals surface area contributed by atoms with E-state index < -0.39 is 5.91 Å². The van der Waals surface area contributed by atoms with Crippen LogP contribution in [0.4, 0.5) is 0 Å². The molecule has 0 aromatic carbocycles. The maximum atomic E-state index is 11.1. The second kappa shape index (κ2) is 5.65. The average Bonchev–Trinajstić information content (AvgIpc) is 2.85. The summed E-state index contributed by atoms with van der Waals surface area (Å²) in [4.78, 5) is 15.5. The molecule has 21 heavy (non-hydrogen) atoms. The van der Waals surface area contributed by atoms with Crippen molar-refractivity contribution >= 4 is 5.91 Å². The molecule has 112 valence electrons. The van der Waals surface area contributed by atoms with Gasteiger partial charge in [0.1, 0.15) is 5.69 Å². The number of nitrogens with zero attached hydrogens (tertiary/aromatic N) is 3. The van der Waals surface area contributed by atoms with Crippen LogP contribution in [0.1, 0.15) is 42.4 Å². The number of hydrogen-bond acceptors (Lipinski definition) is 4. The standard InChI is InChI=1S/C15H21N5O/c1-10-7-11(9-18-15(2,3)4)8-17-14(10)20-6-5-12(19-20)13(16)21/h5-8,18H,9H2,1-4H3,(H2,16,21). The molecule has 0 aliphatic carbocycles. The molecule has 0 saturated carbocycles. The minimum absolute atomic E-state index is 0.0605. The third-order valence-corrected chi connectivity index (χ3v) is 2.99. The van der Waals surface area contributed by atoms with Gasteiger partial charge in [-0.1, -0.05) is 0 Å². The summed E-state index contributed by atoms with van der Waals surface area (Å²) in [5.41, 5.74) is 7.59. The first-order valence-electron chi connectivity index (χ1n) is 6.83. The number of aryl methyl sites for hydroxylation is 1. The van der Waals surface area contributed by atoms with Crippen molar-refractivity contribution in [1.29, 1.82) is 0 Å². The molecule has 2 rings (SSSR count). The number of hydrogen-bond donors (Lipinski definition) is 2. The highest BCUT2D eigenvalue weighted by atomic mass is 16.1. The van der Waals surface area contributed by atoms with Crippen molar-refractivity contribution in [3.05, 3.63) is 41.3 Å². The van der Waals surface area contributed by atoms with E-state index in [1.54, 1.807) is 16.9 Å². The van der Waals surface area contributed by atoms with Crippen molar-refractivity contribution in [3.63, 3.8) is 0 Å². The van der Waals surface area contributed by atoms with Crippen molar-refractivity contribution in [1.82, 2.24) is 20.1 Å². The number of rotatable bonds is 4. The number of carbonyl (C=O) groups excluding carboxylic acids is 1. The molecule has 2 heterocycles. The molecular formula is C15H21N5O. The van der Waals surface area contributed by atoms with Crippen LogP contribution in [-0.4, -0.2) is 26.2 Å². The Balaban J connectivity index is 2.20. The average molecular weight is 287 g/mol. The van der Waals surface area contributed by atoms with E-state index >= 15 is 0 Å². The summed E-state index contributed by atoms with van der Waals surface area (Å²) in [6.07, 6.45) is 3.50. The fourth-order valence-electron chi connectivity index (χ4n) is 1.90. The zero-order chi connectivity index (χ0) is 15.6. The summed E-state index contributed by atoms with van der Waals surface area (Å²) >= 11 is 0. The van der Waals surface area contributed by atoms with Crippen molar-refractivity contribution in [2.45, 2.75) is 39.8 Å². The van der Waals surface area contributed by atoms with E-state index in [0.29, 0.717) is 5.82 Å². The van der Waals surface area contributed by atoms with E-state index in [-0.39, 0.29) is 11.2 Å². The second-order valence-corrected chi connectivity index (χ2v) is 6.10. The summed E-state index contributed by atoms with van der Waals surface area (Å²) in [5, 5.41) is 7.54. The van der Waals surface area contributed by atoms with E-state index in [4.69, 9.17) is 5.73 Å². The number of nitrogens with one attached hydrogen (secondary N) is 1. The minimum Gasteiger partial charge on any atom is -0.364 e. The lowest BCUT2D eigenvalue weighted by Gasteiger charge is -2.20. The predicted octanol–water partition coefficient (Wildman–Crippen LogP) is 1.56. The zero-order valence-corrected chi connectivity index (χ0v) is 12.8. The van der Waals surface area contributed by atoms with Crippen LogP contribution in [-0.2, 0) is 6.54 Å². The number of aromatic nitrogens is 3. The maximum absolute atomic E-state index is 11.1. The van der Waals surface area contributed by atoms with Crippen molar-refractivity contribution in [2.75, 3.05) is 0 Å². The molecule has 0 unspecified atom stereocenters. The summed E-state index contributed by atoms with van der Waals surface area (Å²) in [6, 6.07) is 3.64. The monoisotopic (exact) mass is 287 g/mol. The van der Waals surface area contributed by atoms with E-state index in [0.717, 1.165) is 17.7 Å². The van der Waals surface area contributed by atoms with Crippen molar-refractivity contribution in [3.8, 4) is 5.82 Å². The molecule has 0 fully saturated rings. The minimum atomic E-state index is -0.544. The number of carbonyl (C=O) groups is 1. The smallest absolute Gasteiger partial charge is 0.269 e. The largest absolute Gasteiger partial charge is 0.364 e. The van der Waals surface area contributed by atoms with Crippen molar-refractivity contribution < 1.29 is 4.79 Å². The maximum Gasteiger partial charge on any atom is 0.269 e. The lowest BCUT2D eigenvalue weighted by Crippen LogP contribution is -2.35. The molecule has 6 heteroatoms. The van der Waals surface area contributed by atoms with Gasteiger partial charge in [-0.25, -0.2) is 9.67 Å². The highest BCUT2D eigenvalue weighted by Crippen LogP contribution is 2.13. The SMILES string of the molecule is Cc1cc(CNC(C)(C)C)cnc1-n1ccc(C(N)=O)n1. The van der Waals surface area contributed by atoms with E-state index in [1.165, 1.54) is 0 Å². The van der Waals surface area contributed by atoms with Gasteiger partial charge in [0, 0.05) is 24.5 Å². The van der Waals surface area contributed by atoms with Crippen LogP contribution in [0.25, 0.3) is 5.82 Å². The van der Waals surface area contributed by atoms with Gasteiger partial charge in [-0.2, -0.15) is 5.10 Å². The fourth-order valence-corrected chi connectivity index (χ4v) is 1.90. The van der Waals surface area contributed by atoms with Gasteiger partial charge in [0.2, 0.25) is 0 Å². The molecular weight excluding hydrogens is 266 g/mol. The molecule has 0 aliphatic heterocycles. The Hall–Kier alpha value is -2.21. The van der Waals surface area contributed by atoms with Gasteiger partial charge >= 0.3 is 0 Å². The van der Waals surface area contributed by atoms with Gasteiger partial charge in [-0.3, -0.25) is 4.79 Å². The molecule has 2 aromatic rings. The van der Waals surface area contributed by atoms with E-state index in [9.17, 15) is 4.79 Å². The van der Waals surface area contributed by atoms with Crippen LogP contribution >= 0.6 is 0 Å². The van der Waals surface area contributed by atoms with E-state index in [1.807, 2.05) is 13.1 Å². The van der Waals surface area contributed by atoms with E-state index in [2.05, 4.69) is 42.2 Å². The van der Waals surface area contributed by atoms with Crippen LogP contribution < -0.4 is 11.1 Å². The fraction of sp³-hybridized carbons (Fsp3) is 0.400.